The second-order valence-corrected chi connectivity index (χ2v) is 5.83. The predicted molar refractivity (Wildman–Crippen MR) is 80.2 cm³/mol. The average Bonchev–Trinajstić information content (AvgIpc) is 2.39. The van der Waals surface area contributed by atoms with Crippen molar-refractivity contribution in [3.05, 3.63) is 53.6 Å². The van der Waals surface area contributed by atoms with Crippen molar-refractivity contribution in [2.24, 2.45) is 0 Å². The zero-order valence-corrected chi connectivity index (χ0v) is 11.9. The highest BCUT2D eigenvalue weighted by Crippen LogP contribution is 2.30. The third kappa shape index (κ3) is 3.30. The van der Waals surface area contributed by atoms with E-state index in [2.05, 4.69) is 44.2 Å². The lowest BCUT2D eigenvalue weighted by Gasteiger charge is -2.07. The van der Waals surface area contributed by atoms with E-state index in [1.54, 1.807) is 17.8 Å². The van der Waals surface area contributed by atoms with Crippen LogP contribution in [0.5, 0.6) is 0 Å². The molecule has 0 radical (unpaired) electrons. The van der Waals surface area contributed by atoms with Gasteiger partial charge in [0.25, 0.3) is 0 Å². The van der Waals surface area contributed by atoms with E-state index in [-0.39, 0.29) is 0 Å². The molecule has 2 aromatic carbocycles. The number of nitrogens with zero attached hydrogens (tertiary/aromatic N) is 1. The highest BCUT2D eigenvalue weighted by molar-refractivity contribution is 7.99. The summed E-state index contributed by atoms with van der Waals surface area (Å²) in [7, 11) is 0. The van der Waals surface area contributed by atoms with Gasteiger partial charge in [0.05, 0.1) is 11.3 Å². The molecule has 0 aliphatic carbocycles. The minimum atomic E-state index is 0.527. The highest BCUT2D eigenvalue weighted by Gasteiger charge is 2.03. The Bertz CT molecular complexity index is 610. The minimum absolute atomic E-state index is 0.527. The Labute approximate surface area is 118 Å². The van der Waals surface area contributed by atoms with Crippen LogP contribution in [0.2, 0.25) is 0 Å². The second-order valence-electron chi connectivity index (χ2n) is 4.69. The van der Waals surface area contributed by atoms with E-state index in [0.717, 1.165) is 4.90 Å². The first-order valence-electron chi connectivity index (χ1n) is 6.17. The molecule has 0 fully saturated rings. The fraction of sp³-hybridized carbons (Fsp3) is 0.188. The Hall–Kier alpha value is -1.92. The molecule has 0 spiro atoms. The Morgan fingerprint density at radius 3 is 2.21 bits per heavy atom. The number of nitrogens with two attached hydrogens (primary N) is 1. The summed E-state index contributed by atoms with van der Waals surface area (Å²) in [6.45, 7) is 4.37. The van der Waals surface area contributed by atoms with Crippen molar-refractivity contribution in [1.82, 2.24) is 0 Å². The molecule has 0 heterocycles. The Balaban J connectivity index is 2.17. The Kier molecular flexibility index (Phi) is 4.13. The van der Waals surface area contributed by atoms with E-state index < -0.39 is 0 Å². The van der Waals surface area contributed by atoms with Crippen LogP contribution < -0.4 is 5.73 Å². The molecule has 96 valence electrons. The van der Waals surface area contributed by atoms with Gasteiger partial charge < -0.3 is 5.73 Å². The maximum atomic E-state index is 8.84. The van der Waals surface area contributed by atoms with Gasteiger partial charge in [0.1, 0.15) is 6.07 Å². The molecule has 3 heteroatoms. The third-order valence-electron chi connectivity index (χ3n) is 2.93. The smallest absolute Gasteiger partial charge is 0.101 e. The maximum Gasteiger partial charge on any atom is 0.101 e. The monoisotopic (exact) mass is 268 g/mol. The van der Waals surface area contributed by atoms with Gasteiger partial charge in [0.15, 0.2) is 0 Å². The topological polar surface area (TPSA) is 49.8 Å². The number of hydrogen-bond donors (Lipinski definition) is 1. The number of hydrogen-bond acceptors (Lipinski definition) is 3. The van der Waals surface area contributed by atoms with Gasteiger partial charge in [-0.1, -0.05) is 37.7 Å². The average molecular weight is 268 g/mol. The second kappa shape index (κ2) is 5.81. The van der Waals surface area contributed by atoms with Gasteiger partial charge >= 0.3 is 0 Å². The largest absolute Gasteiger partial charge is 0.398 e. The molecular weight excluding hydrogens is 252 g/mol. The molecular formula is C16H16N2S. The van der Waals surface area contributed by atoms with Crippen molar-refractivity contribution < 1.29 is 0 Å². The number of nitrogen functional groups attached to an aromatic ring is 1. The van der Waals surface area contributed by atoms with Crippen LogP contribution in [0.4, 0.5) is 5.69 Å². The standard InChI is InChI=1S/C16H16N2S/c1-11(2)12-3-6-14(7-4-12)19-15-8-5-13(10-17)16(18)9-15/h3-9,11H,18H2,1-2H3. The molecule has 2 rings (SSSR count). The highest BCUT2D eigenvalue weighted by atomic mass is 32.2. The lowest BCUT2D eigenvalue weighted by Crippen LogP contribution is -1.90. The first-order chi connectivity index (χ1) is 9.10. The van der Waals surface area contributed by atoms with Crippen molar-refractivity contribution in [2.45, 2.75) is 29.6 Å². The van der Waals surface area contributed by atoms with E-state index in [0.29, 0.717) is 17.2 Å². The van der Waals surface area contributed by atoms with Gasteiger partial charge in [-0.2, -0.15) is 5.26 Å². The van der Waals surface area contributed by atoms with Crippen LogP contribution in [0.25, 0.3) is 0 Å². The summed E-state index contributed by atoms with van der Waals surface area (Å²) in [6, 6.07) is 16.2. The molecule has 0 aliphatic rings. The molecule has 0 aliphatic heterocycles. The van der Waals surface area contributed by atoms with Crippen LogP contribution in [0.15, 0.2) is 52.3 Å². The number of rotatable bonds is 3. The molecule has 2 nitrogen and oxygen atoms in total. The third-order valence-corrected chi connectivity index (χ3v) is 3.92. The van der Waals surface area contributed by atoms with E-state index >= 15 is 0 Å². The van der Waals surface area contributed by atoms with E-state index in [4.69, 9.17) is 11.0 Å². The van der Waals surface area contributed by atoms with Crippen molar-refractivity contribution in [1.29, 1.82) is 5.26 Å². The van der Waals surface area contributed by atoms with Crippen LogP contribution in [-0.4, -0.2) is 0 Å². The van der Waals surface area contributed by atoms with Gasteiger partial charge in [-0.15, -0.1) is 0 Å². The summed E-state index contributed by atoms with van der Waals surface area (Å²) in [5, 5.41) is 8.84. The van der Waals surface area contributed by atoms with Gasteiger partial charge in [-0.05, 0) is 41.8 Å². The molecule has 19 heavy (non-hydrogen) atoms. The molecule has 0 saturated carbocycles. The zero-order chi connectivity index (χ0) is 13.8. The van der Waals surface area contributed by atoms with Gasteiger partial charge in [0, 0.05) is 9.79 Å². The summed E-state index contributed by atoms with van der Waals surface area (Å²) in [6.07, 6.45) is 0. The lowest BCUT2D eigenvalue weighted by molar-refractivity contribution is 0.865. The summed E-state index contributed by atoms with van der Waals surface area (Å²) in [5.41, 5.74) is 8.21. The summed E-state index contributed by atoms with van der Waals surface area (Å²) >= 11 is 1.65. The number of nitriles is 1. The van der Waals surface area contributed by atoms with Crippen molar-refractivity contribution >= 4 is 17.4 Å². The van der Waals surface area contributed by atoms with Gasteiger partial charge in [-0.25, -0.2) is 0 Å². The fourth-order valence-corrected chi connectivity index (χ4v) is 2.63. The Morgan fingerprint density at radius 1 is 1.05 bits per heavy atom. The van der Waals surface area contributed by atoms with E-state index in [1.807, 2.05) is 12.1 Å². The predicted octanol–water partition coefficient (Wildman–Crippen LogP) is 4.42. The van der Waals surface area contributed by atoms with Crippen LogP contribution >= 0.6 is 11.8 Å². The lowest BCUT2D eigenvalue weighted by atomic mass is 10.0. The summed E-state index contributed by atoms with van der Waals surface area (Å²) in [5.74, 6) is 0.546. The van der Waals surface area contributed by atoms with Crippen molar-refractivity contribution in [2.75, 3.05) is 5.73 Å². The molecule has 2 N–H and O–H groups in total. The van der Waals surface area contributed by atoms with Crippen molar-refractivity contribution in [3.63, 3.8) is 0 Å². The fourth-order valence-electron chi connectivity index (χ4n) is 1.76. The molecule has 0 aromatic heterocycles. The molecule has 0 saturated heterocycles. The molecule has 0 amide bonds. The number of anilines is 1. The van der Waals surface area contributed by atoms with Crippen molar-refractivity contribution in [3.8, 4) is 6.07 Å². The first kappa shape index (κ1) is 13.5. The molecule has 0 atom stereocenters. The Morgan fingerprint density at radius 2 is 1.68 bits per heavy atom. The zero-order valence-electron chi connectivity index (χ0n) is 11.1. The van der Waals surface area contributed by atoms with Crippen LogP contribution in [0.3, 0.4) is 0 Å². The van der Waals surface area contributed by atoms with Crippen LogP contribution in [0, 0.1) is 11.3 Å². The number of benzene rings is 2. The normalized spacial score (nSPS) is 10.4. The molecule has 0 bridgehead atoms. The minimum Gasteiger partial charge on any atom is -0.398 e. The van der Waals surface area contributed by atoms with E-state index in [9.17, 15) is 0 Å². The van der Waals surface area contributed by atoms with Gasteiger partial charge in [-0.3, -0.25) is 0 Å². The van der Waals surface area contributed by atoms with E-state index in [1.165, 1.54) is 10.5 Å². The molecule has 2 aromatic rings. The van der Waals surface area contributed by atoms with Gasteiger partial charge in [0.2, 0.25) is 0 Å². The SMILES string of the molecule is CC(C)c1ccc(Sc2ccc(C#N)c(N)c2)cc1. The molecule has 0 unspecified atom stereocenters. The van der Waals surface area contributed by atoms with Crippen LogP contribution in [-0.2, 0) is 0 Å². The first-order valence-corrected chi connectivity index (χ1v) is 6.99. The van der Waals surface area contributed by atoms with Crippen LogP contribution in [0.1, 0.15) is 30.9 Å². The summed E-state index contributed by atoms with van der Waals surface area (Å²) < 4.78 is 0. The maximum absolute atomic E-state index is 8.84. The quantitative estimate of drug-likeness (QED) is 0.838. The summed E-state index contributed by atoms with van der Waals surface area (Å²) in [4.78, 5) is 2.22.